The molecular weight excluding hydrogens is 250 g/mol. The van der Waals surface area contributed by atoms with Crippen LogP contribution in [0.5, 0.6) is 0 Å². The number of aromatic nitrogens is 3. The van der Waals surface area contributed by atoms with Crippen molar-refractivity contribution in [1.29, 1.82) is 0 Å². The van der Waals surface area contributed by atoms with E-state index in [1.165, 1.54) is 17.4 Å². The Bertz CT molecular complexity index is 566. The molecule has 6 nitrogen and oxygen atoms in total. The van der Waals surface area contributed by atoms with Gasteiger partial charge in [-0.05, 0) is 0 Å². The molecular formula is C11H15N5OS. The Morgan fingerprint density at radius 1 is 1.50 bits per heavy atom. The van der Waals surface area contributed by atoms with Crippen LogP contribution in [0.2, 0.25) is 0 Å². The summed E-state index contributed by atoms with van der Waals surface area (Å²) in [4.78, 5) is 16.2. The molecule has 0 aliphatic heterocycles. The molecule has 2 aromatic rings. The molecule has 18 heavy (non-hydrogen) atoms. The number of amides is 1. The minimum atomic E-state index is -0.297. The molecule has 0 spiro atoms. The fourth-order valence-electron chi connectivity index (χ4n) is 1.29. The van der Waals surface area contributed by atoms with Crippen molar-refractivity contribution in [1.82, 2.24) is 15.2 Å². The lowest BCUT2D eigenvalue weighted by Gasteiger charge is -2.14. The lowest BCUT2D eigenvalue weighted by Crippen LogP contribution is -2.14. The number of hydrogen-bond acceptors (Lipinski definition) is 5. The van der Waals surface area contributed by atoms with Gasteiger partial charge in [0.2, 0.25) is 0 Å². The molecule has 0 aliphatic carbocycles. The predicted molar refractivity (Wildman–Crippen MR) is 71.8 cm³/mol. The maximum Gasteiger partial charge on any atom is 0.275 e. The van der Waals surface area contributed by atoms with Gasteiger partial charge in [-0.15, -0.1) is 11.3 Å². The van der Waals surface area contributed by atoms with E-state index in [9.17, 15) is 4.79 Å². The van der Waals surface area contributed by atoms with Crippen molar-refractivity contribution in [3.63, 3.8) is 0 Å². The number of nitrogens with zero attached hydrogens (tertiary/aromatic N) is 2. The van der Waals surface area contributed by atoms with Gasteiger partial charge in [-0.3, -0.25) is 15.2 Å². The Morgan fingerprint density at radius 2 is 2.22 bits per heavy atom. The van der Waals surface area contributed by atoms with E-state index in [1.54, 1.807) is 0 Å². The van der Waals surface area contributed by atoms with Crippen molar-refractivity contribution in [2.24, 2.45) is 0 Å². The topological polar surface area (TPSA) is 96.7 Å². The van der Waals surface area contributed by atoms with Gasteiger partial charge in [0, 0.05) is 16.9 Å². The summed E-state index contributed by atoms with van der Waals surface area (Å²) in [5.74, 6) is -0.0105. The Labute approximate surface area is 109 Å². The number of nitrogens with one attached hydrogen (secondary N) is 2. The summed E-state index contributed by atoms with van der Waals surface area (Å²) in [6.07, 6.45) is 0. The van der Waals surface area contributed by atoms with E-state index in [0.717, 1.165) is 5.69 Å². The maximum absolute atomic E-state index is 11.8. The summed E-state index contributed by atoms with van der Waals surface area (Å²) >= 11 is 1.40. The van der Waals surface area contributed by atoms with Crippen LogP contribution in [0.25, 0.3) is 0 Å². The monoisotopic (exact) mass is 265 g/mol. The second-order valence-corrected chi connectivity index (χ2v) is 5.81. The zero-order valence-electron chi connectivity index (χ0n) is 10.4. The molecule has 0 saturated carbocycles. The number of carbonyl (C=O) groups is 1. The second-order valence-electron chi connectivity index (χ2n) is 4.95. The van der Waals surface area contributed by atoms with Crippen molar-refractivity contribution in [3.8, 4) is 0 Å². The molecule has 2 aromatic heterocycles. The first-order chi connectivity index (χ1) is 8.36. The largest absolute Gasteiger partial charge is 0.382 e. The van der Waals surface area contributed by atoms with E-state index in [-0.39, 0.29) is 17.1 Å². The molecule has 0 saturated heterocycles. The summed E-state index contributed by atoms with van der Waals surface area (Å²) < 4.78 is 0. The minimum Gasteiger partial charge on any atom is -0.382 e. The van der Waals surface area contributed by atoms with Gasteiger partial charge in [0.1, 0.15) is 11.5 Å². The summed E-state index contributed by atoms with van der Waals surface area (Å²) in [7, 11) is 0. The average Bonchev–Trinajstić information content (AvgIpc) is 2.85. The fourth-order valence-corrected chi connectivity index (χ4v) is 2.23. The van der Waals surface area contributed by atoms with Crippen molar-refractivity contribution >= 4 is 28.2 Å². The summed E-state index contributed by atoms with van der Waals surface area (Å²) in [5, 5.41) is 11.5. The number of carbonyl (C=O) groups excluding carboxylic acids is 1. The summed E-state index contributed by atoms with van der Waals surface area (Å²) in [6, 6.07) is 1.48. The van der Waals surface area contributed by atoms with Gasteiger partial charge in [-0.1, -0.05) is 20.8 Å². The van der Waals surface area contributed by atoms with Crippen LogP contribution in [0.1, 0.15) is 37.0 Å². The highest BCUT2D eigenvalue weighted by Gasteiger charge is 2.18. The number of nitrogen functional groups attached to an aromatic ring is 1. The summed E-state index contributed by atoms with van der Waals surface area (Å²) in [6.45, 7) is 6.22. The minimum absolute atomic E-state index is 0.0299. The van der Waals surface area contributed by atoms with E-state index in [2.05, 4.69) is 41.3 Å². The molecule has 7 heteroatoms. The van der Waals surface area contributed by atoms with Crippen LogP contribution >= 0.6 is 11.3 Å². The van der Waals surface area contributed by atoms with Crippen LogP contribution in [0.4, 0.5) is 10.9 Å². The number of aromatic amines is 1. The van der Waals surface area contributed by atoms with E-state index in [4.69, 9.17) is 5.73 Å². The molecule has 0 aliphatic rings. The molecule has 2 heterocycles. The zero-order valence-corrected chi connectivity index (χ0v) is 11.3. The van der Waals surface area contributed by atoms with Gasteiger partial charge in [-0.2, -0.15) is 5.10 Å². The molecule has 0 radical (unpaired) electrons. The third-order valence-corrected chi connectivity index (χ3v) is 3.09. The predicted octanol–water partition coefficient (Wildman–Crippen LogP) is 2.00. The van der Waals surface area contributed by atoms with Gasteiger partial charge in [0.15, 0.2) is 5.13 Å². The quantitative estimate of drug-likeness (QED) is 0.773. The Balaban J connectivity index is 2.10. The number of H-pyrrole nitrogens is 1. The summed E-state index contributed by atoms with van der Waals surface area (Å²) in [5.41, 5.74) is 6.68. The fraction of sp³-hybridized carbons (Fsp3) is 0.364. The van der Waals surface area contributed by atoms with Gasteiger partial charge in [0.05, 0.1) is 5.69 Å². The third kappa shape index (κ3) is 2.67. The van der Waals surface area contributed by atoms with E-state index < -0.39 is 0 Å². The molecule has 0 unspecified atom stereocenters. The van der Waals surface area contributed by atoms with Gasteiger partial charge in [0.25, 0.3) is 5.91 Å². The molecule has 0 atom stereocenters. The van der Waals surface area contributed by atoms with Gasteiger partial charge >= 0.3 is 0 Å². The third-order valence-electron chi connectivity index (χ3n) is 2.34. The molecule has 0 fully saturated rings. The molecule has 0 aromatic carbocycles. The standard InChI is InChI=1S/C11H15N5OS/c1-11(2,3)7-5-18-10(13-7)14-9(17)6-4-8(12)16-15-6/h4-5H,1-3H3,(H3,12,15,16)(H,13,14,17). The van der Waals surface area contributed by atoms with E-state index in [0.29, 0.717) is 10.8 Å². The first kappa shape index (κ1) is 12.6. The normalized spacial score (nSPS) is 11.5. The van der Waals surface area contributed by atoms with E-state index in [1.807, 2.05) is 5.38 Å². The lowest BCUT2D eigenvalue weighted by molar-refractivity contribution is 0.102. The number of nitrogens with two attached hydrogens (primary N) is 1. The number of anilines is 2. The highest BCUT2D eigenvalue weighted by atomic mass is 32.1. The molecule has 2 rings (SSSR count). The van der Waals surface area contributed by atoms with Crippen LogP contribution < -0.4 is 11.1 Å². The second kappa shape index (κ2) is 4.41. The maximum atomic E-state index is 11.8. The molecule has 0 bridgehead atoms. The van der Waals surface area contributed by atoms with Crippen molar-refractivity contribution in [3.05, 3.63) is 22.8 Å². The van der Waals surface area contributed by atoms with Crippen molar-refractivity contribution < 1.29 is 4.79 Å². The SMILES string of the molecule is CC(C)(C)c1csc(NC(=O)c2cc(N)n[nH]2)n1. The van der Waals surface area contributed by atoms with Crippen molar-refractivity contribution in [2.75, 3.05) is 11.1 Å². The van der Waals surface area contributed by atoms with Gasteiger partial charge < -0.3 is 5.73 Å². The van der Waals surface area contributed by atoms with Crippen LogP contribution in [0, 0.1) is 0 Å². The Morgan fingerprint density at radius 3 is 2.72 bits per heavy atom. The first-order valence-corrected chi connectivity index (χ1v) is 6.32. The van der Waals surface area contributed by atoms with Crippen LogP contribution in [0.3, 0.4) is 0 Å². The molecule has 1 amide bonds. The zero-order chi connectivity index (χ0) is 13.3. The van der Waals surface area contributed by atoms with Crippen LogP contribution in [-0.4, -0.2) is 21.1 Å². The Kier molecular flexibility index (Phi) is 3.08. The highest BCUT2D eigenvalue weighted by Crippen LogP contribution is 2.26. The number of thiazole rings is 1. The van der Waals surface area contributed by atoms with Crippen LogP contribution in [-0.2, 0) is 5.41 Å². The highest BCUT2D eigenvalue weighted by molar-refractivity contribution is 7.14. The van der Waals surface area contributed by atoms with E-state index >= 15 is 0 Å². The number of rotatable bonds is 2. The number of hydrogen-bond donors (Lipinski definition) is 3. The average molecular weight is 265 g/mol. The smallest absolute Gasteiger partial charge is 0.275 e. The Hall–Kier alpha value is -1.89. The molecule has 96 valence electrons. The van der Waals surface area contributed by atoms with Gasteiger partial charge in [-0.25, -0.2) is 4.98 Å². The van der Waals surface area contributed by atoms with Crippen molar-refractivity contribution in [2.45, 2.75) is 26.2 Å². The van der Waals surface area contributed by atoms with Crippen LogP contribution in [0.15, 0.2) is 11.4 Å². The first-order valence-electron chi connectivity index (χ1n) is 5.44. The lowest BCUT2D eigenvalue weighted by atomic mass is 9.93. The molecule has 4 N–H and O–H groups in total.